The van der Waals surface area contributed by atoms with Crippen molar-refractivity contribution in [1.29, 1.82) is 0 Å². The number of anilines is 1. The zero-order chi connectivity index (χ0) is 22.8. The van der Waals surface area contributed by atoms with Crippen LogP contribution in [0.15, 0.2) is 82.7 Å². The molecule has 0 saturated carbocycles. The Morgan fingerprint density at radius 1 is 1.03 bits per heavy atom. The van der Waals surface area contributed by atoms with Gasteiger partial charge in [-0.1, -0.05) is 36.0 Å². The zero-order valence-electron chi connectivity index (χ0n) is 17.4. The van der Waals surface area contributed by atoms with Crippen molar-refractivity contribution in [3.63, 3.8) is 0 Å². The van der Waals surface area contributed by atoms with E-state index in [4.69, 9.17) is 0 Å². The molecule has 0 unspecified atom stereocenters. The van der Waals surface area contributed by atoms with Crippen molar-refractivity contribution in [2.24, 2.45) is 0 Å². The van der Waals surface area contributed by atoms with Gasteiger partial charge >= 0.3 is 0 Å². The lowest BCUT2D eigenvalue weighted by Crippen LogP contribution is -2.22. The van der Waals surface area contributed by atoms with Crippen molar-refractivity contribution in [3.8, 4) is 5.75 Å². The van der Waals surface area contributed by atoms with Crippen LogP contribution >= 0.6 is 23.1 Å². The first kappa shape index (κ1) is 21.2. The van der Waals surface area contributed by atoms with E-state index in [0.717, 1.165) is 25.2 Å². The summed E-state index contributed by atoms with van der Waals surface area (Å²) in [6.07, 6.45) is 2.38. The van der Waals surface area contributed by atoms with Crippen LogP contribution in [0, 0.1) is 0 Å². The molecule has 164 valence electrons. The van der Waals surface area contributed by atoms with Crippen molar-refractivity contribution >= 4 is 40.6 Å². The van der Waals surface area contributed by atoms with E-state index in [1.165, 1.54) is 23.1 Å². The number of hydrogen-bond donors (Lipinski definition) is 3. The summed E-state index contributed by atoms with van der Waals surface area (Å²) in [5.74, 6) is -0.171. The average Bonchev–Trinajstić information content (AvgIpc) is 3.20. The third-order valence-electron chi connectivity index (χ3n) is 5.13. The van der Waals surface area contributed by atoms with Crippen LogP contribution < -0.4 is 10.6 Å². The number of carbonyl (C=O) groups excluding carboxylic acids is 2. The van der Waals surface area contributed by atoms with Gasteiger partial charge in [0.1, 0.15) is 5.75 Å². The highest BCUT2D eigenvalue weighted by molar-refractivity contribution is 7.99. The molecular weight excluding hydrogens is 454 g/mol. The molecule has 0 bridgehead atoms. The van der Waals surface area contributed by atoms with Crippen molar-refractivity contribution in [2.75, 3.05) is 5.32 Å². The number of thiazole rings is 1. The monoisotopic (exact) mass is 473 g/mol. The number of amides is 2. The molecule has 1 aliphatic heterocycles. The Morgan fingerprint density at radius 2 is 1.91 bits per heavy atom. The van der Waals surface area contributed by atoms with Gasteiger partial charge in [0.15, 0.2) is 0 Å². The largest absolute Gasteiger partial charge is 0.508 e. The number of carbonyl (C=O) groups is 2. The quantitative estimate of drug-likeness (QED) is 0.376. The van der Waals surface area contributed by atoms with Crippen molar-refractivity contribution in [3.05, 3.63) is 99.5 Å². The van der Waals surface area contributed by atoms with E-state index < -0.39 is 0 Å². The fourth-order valence-corrected chi connectivity index (χ4v) is 5.44. The molecule has 0 saturated heterocycles. The Hall–Kier alpha value is -3.62. The summed E-state index contributed by atoms with van der Waals surface area (Å²) >= 11 is 3.03. The fraction of sp³-hybridized carbons (Fsp3) is 0.0800. The summed E-state index contributed by atoms with van der Waals surface area (Å²) in [5, 5.41) is 16.4. The van der Waals surface area contributed by atoms with Gasteiger partial charge in [0.2, 0.25) is 0 Å². The first-order valence-electron chi connectivity index (χ1n) is 10.3. The van der Waals surface area contributed by atoms with Gasteiger partial charge in [0.25, 0.3) is 11.8 Å². The normalized spacial score (nSPS) is 12.3. The Kier molecular flexibility index (Phi) is 5.85. The topological polar surface area (TPSA) is 91.3 Å². The first-order valence-corrected chi connectivity index (χ1v) is 11.9. The maximum absolute atomic E-state index is 12.8. The minimum Gasteiger partial charge on any atom is -0.508 e. The third-order valence-corrected chi connectivity index (χ3v) is 7.28. The van der Waals surface area contributed by atoms with Crippen LogP contribution in [-0.4, -0.2) is 21.9 Å². The Balaban J connectivity index is 1.25. The zero-order valence-corrected chi connectivity index (χ0v) is 19.0. The summed E-state index contributed by atoms with van der Waals surface area (Å²) in [7, 11) is 0. The summed E-state index contributed by atoms with van der Waals surface area (Å²) in [6, 6.07) is 19.9. The molecule has 8 heteroatoms. The summed E-state index contributed by atoms with van der Waals surface area (Å²) in [5.41, 5.74) is 2.70. The number of aromatic hydroxyl groups is 1. The van der Waals surface area contributed by atoms with Crippen molar-refractivity contribution in [2.45, 2.75) is 22.8 Å². The second-order valence-electron chi connectivity index (χ2n) is 7.51. The van der Waals surface area contributed by atoms with Gasteiger partial charge in [-0.25, -0.2) is 4.98 Å². The van der Waals surface area contributed by atoms with E-state index in [0.29, 0.717) is 29.8 Å². The van der Waals surface area contributed by atoms with Gasteiger partial charge in [-0.2, -0.15) is 0 Å². The van der Waals surface area contributed by atoms with Crippen LogP contribution in [0.25, 0.3) is 0 Å². The van der Waals surface area contributed by atoms with Gasteiger partial charge < -0.3 is 15.7 Å². The molecule has 1 aliphatic rings. The molecule has 0 spiro atoms. The maximum Gasteiger partial charge on any atom is 0.256 e. The Morgan fingerprint density at radius 3 is 2.79 bits per heavy atom. The number of rotatable bonds is 5. The van der Waals surface area contributed by atoms with E-state index in [9.17, 15) is 14.7 Å². The maximum atomic E-state index is 12.8. The van der Waals surface area contributed by atoms with Crippen LogP contribution in [0.1, 0.15) is 36.2 Å². The number of hydrogen-bond acceptors (Lipinski definition) is 6. The molecule has 3 N–H and O–H groups in total. The molecule has 33 heavy (non-hydrogen) atoms. The standard InChI is InChI=1S/C25H19N3O3S2/c29-17-5-3-4-15(10-17)11-23-26-13-18(32-23)14-27-24(30)16-8-9-22-20(12-16)28-25(31)19-6-1-2-7-21(19)33-22/h1-10,12-13,29H,11,14H2,(H,27,30)(H,28,31). The number of fused-ring (bicyclic) bond motifs is 2. The lowest BCUT2D eigenvalue weighted by atomic mass is 10.1. The minimum absolute atomic E-state index is 0.182. The van der Waals surface area contributed by atoms with Crippen LogP contribution in [0.5, 0.6) is 5.75 Å². The predicted molar refractivity (Wildman–Crippen MR) is 129 cm³/mol. The molecule has 4 aromatic rings. The highest BCUT2D eigenvalue weighted by Gasteiger charge is 2.20. The molecule has 3 aromatic carbocycles. The van der Waals surface area contributed by atoms with Crippen LogP contribution in [0.2, 0.25) is 0 Å². The third kappa shape index (κ3) is 4.76. The van der Waals surface area contributed by atoms with E-state index >= 15 is 0 Å². The number of aromatic nitrogens is 1. The second-order valence-corrected chi connectivity index (χ2v) is 9.80. The molecule has 0 fully saturated rings. The number of phenols is 1. The fourth-order valence-electron chi connectivity index (χ4n) is 3.53. The Bertz CT molecular complexity index is 1370. The predicted octanol–water partition coefficient (Wildman–Crippen LogP) is 5.09. The summed E-state index contributed by atoms with van der Waals surface area (Å²) < 4.78 is 0. The van der Waals surface area contributed by atoms with Gasteiger partial charge in [-0.05, 0) is 48.0 Å². The SMILES string of the molecule is O=C(NCc1cnc(Cc2cccc(O)c2)s1)c1ccc2c(c1)NC(=O)c1ccccc1S2. The van der Waals surface area contributed by atoms with Crippen LogP contribution in [-0.2, 0) is 13.0 Å². The molecular formula is C25H19N3O3S2. The van der Waals surface area contributed by atoms with Crippen LogP contribution in [0.4, 0.5) is 5.69 Å². The molecule has 0 aliphatic carbocycles. The van der Waals surface area contributed by atoms with Gasteiger partial charge in [-0.15, -0.1) is 11.3 Å². The lowest BCUT2D eigenvalue weighted by Gasteiger charge is -2.09. The Labute approximate surface area is 198 Å². The van der Waals surface area contributed by atoms with Gasteiger partial charge in [-0.3, -0.25) is 9.59 Å². The van der Waals surface area contributed by atoms with Gasteiger partial charge in [0, 0.05) is 32.8 Å². The molecule has 0 radical (unpaired) electrons. The molecule has 2 amide bonds. The number of nitrogens with one attached hydrogen (secondary N) is 2. The first-order chi connectivity index (χ1) is 16.0. The number of benzene rings is 3. The lowest BCUT2D eigenvalue weighted by molar-refractivity contribution is 0.0949. The smallest absolute Gasteiger partial charge is 0.256 e. The van der Waals surface area contributed by atoms with Gasteiger partial charge in [0.05, 0.1) is 22.8 Å². The highest BCUT2D eigenvalue weighted by atomic mass is 32.2. The molecule has 0 atom stereocenters. The molecule has 1 aromatic heterocycles. The van der Waals surface area contributed by atoms with Crippen molar-refractivity contribution in [1.82, 2.24) is 10.3 Å². The minimum atomic E-state index is -0.221. The highest BCUT2D eigenvalue weighted by Crippen LogP contribution is 2.39. The number of nitrogens with zero attached hydrogens (tertiary/aromatic N) is 1. The van der Waals surface area contributed by atoms with E-state index in [1.54, 1.807) is 42.6 Å². The van der Waals surface area contributed by atoms with E-state index in [-0.39, 0.29) is 17.6 Å². The summed E-state index contributed by atoms with van der Waals surface area (Å²) in [6.45, 7) is 0.361. The molecule has 6 nitrogen and oxygen atoms in total. The summed E-state index contributed by atoms with van der Waals surface area (Å²) in [4.78, 5) is 32.5. The number of phenolic OH excluding ortho intramolecular Hbond substituents is 1. The van der Waals surface area contributed by atoms with E-state index in [2.05, 4.69) is 15.6 Å². The molecule has 5 rings (SSSR count). The molecule has 2 heterocycles. The van der Waals surface area contributed by atoms with E-state index in [1.807, 2.05) is 30.3 Å². The van der Waals surface area contributed by atoms with Crippen molar-refractivity contribution < 1.29 is 14.7 Å². The average molecular weight is 474 g/mol. The van der Waals surface area contributed by atoms with Crippen LogP contribution in [0.3, 0.4) is 0 Å². The second kappa shape index (κ2) is 9.09.